The zero-order valence-electron chi connectivity index (χ0n) is 9.25. The first-order valence-corrected chi connectivity index (χ1v) is 5.51. The van der Waals surface area contributed by atoms with Crippen molar-refractivity contribution < 1.29 is 19.1 Å². The summed E-state index contributed by atoms with van der Waals surface area (Å²) in [6, 6.07) is 8.52. The summed E-state index contributed by atoms with van der Waals surface area (Å²) in [5.41, 5.74) is 0.425. The number of rotatable bonds is 2. The molecule has 1 heterocycles. The molecule has 2 rings (SSSR count). The molecule has 1 N–H and O–H groups in total. The van der Waals surface area contributed by atoms with Gasteiger partial charge in [0, 0.05) is 6.54 Å². The maximum absolute atomic E-state index is 13.2. The van der Waals surface area contributed by atoms with Crippen molar-refractivity contribution in [1.82, 2.24) is 5.06 Å². The Morgan fingerprint density at radius 3 is 2.76 bits per heavy atom. The number of benzene rings is 1. The topological polar surface area (TPSA) is 49.8 Å². The molecule has 2 atom stereocenters. The lowest BCUT2D eigenvalue weighted by Crippen LogP contribution is -2.45. The highest BCUT2D eigenvalue weighted by Crippen LogP contribution is 2.15. The maximum Gasteiger partial charge on any atom is 0.357 e. The van der Waals surface area contributed by atoms with Gasteiger partial charge in [0.05, 0.1) is 18.2 Å². The van der Waals surface area contributed by atoms with Gasteiger partial charge in [0.1, 0.15) is 6.17 Å². The number of hydrogen-bond acceptors (Lipinski definition) is 4. The number of halogens is 1. The molecule has 92 valence electrons. The minimum atomic E-state index is -1.37. The average Bonchev–Trinajstić information content (AvgIpc) is 2.35. The van der Waals surface area contributed by atoms with Crippen molar-refractivity contribution in [1.29, 1.82) is 0 Å². The monoisotopic (exact) mass is 239 g/mol. The minimum Gasteiger partial charge on any atom is -0.390 e. The molecule has 1 aromatic carbocycles. The van der Waals surface area contributed by atoms with E-state index in [4.69, 9.17) is 4.84 Å². The number of carbonyl (C=O) groups excluding carboxylic acids is 1. The number of carbonyl (C=O) groups is 1. The van der Waals surface area contributed by atoms with E-state index in [9.17, 15) is 14.3 Å². The number of nitrogens with zero attached hydrogens (tertiary/aromatic N) is 1. The van der Waals surface area contributed by atoms with Crippen molar-refractivity contribution in [2.45, 2.75) is 18.7 Å². The summed E-state index contributed by atoms with van der Waals surface area (Å²) < 4.78 is 13.2. The van der Waals surface area contributed by atoms with Gasteiger partial charge in [-0.2, -0.15) is 0 Å². The number of aliphatic hydroxyl groups excluding tert-OH is 1. The van der Waals surface area contributed by atoms with E-state index in [1.165, 1.54) is 5.06 Å². The molecule has 1 unspecified atom stereocenters. The molecule has 1 aliphatic rings. The van der Waals surface area contributed by atoms with Crippen LogP contribution in [0.15, 0.2) is 30.3 Å². The fourth-order valence-electron chi connectivity index (χ4n) is 1.69. The highest BCUT2D eigenvalue weighted by molar-refractivity contribution is 5.89. The van der Waals surface area contributed by atoms with Crippen molar-refractivity contribution in [2.24, 2.45) is 0 Å². The summed E-state index contributed by atoms with van der Waals surface area (Å²) in [5, 5.41) is 10.5. The van der Waals surface area contributed by atoms with E-state index in [2.05, 4.69) is 0 Å². The lowest BCUT2D eigenvalue weighted by Gasteiger charge is -2.30. The van der Waals surface area contributed by atoms with Crippen molar-refractivity contribution in [2.75, 3.05) is 13.1 Å². The Bertz CT molecular complexity index is 385. The number of alkyl halides is 1. The van der Waals surface area contributed by atoms with Crippen molar-refractivity contribution >= 4 is 5.97 Å². The largest absolute Gasteiger partial charge is 0.390 e. The predicted molar refractivity (Wildman–Crippen MR) is 59.0 cm³/mol. The molecular weight excluding hydrogens is 225 g/mol. The minimum absolute atomic E-state index is 0.0836. The molecule has 5 heteroatoms. The molecule has 0 aromatic heterocycles. The molecular formula is C12H14FNO3. The van der Waals surface area contributed by atoms with Crippen LogP contribution in [0.5, 0.6) is 0 Å². The van der Waals surface area contributed by atoms with E-state index < -0.39 is 18.2 Å². The van der Waals surface area contributed by atoms with Gasteiger partial charge >= 0.3 is 5.97 Å². The van der Waals surface area contributed by atoms with Gasteiger partial charge in [0.2, 0.25) is 0 Å². The molecule has 0 saturated carbocycles. The van der Waals surface area contributed by atoms with Gasteiger partial charge in [-0.05, 0) is 18.6 Å². The fraction of sp³-hybridized carbons (Fsp3) is 0.417. The molecule has 0 amide bonds. The van der Waals surface area contributed by atoms with Gasteiger partial charge in [-0.1, -0.05) is 18.2 Å². The Kier molecular flexibility index (Phi) is 3.71. The highest BCUT2D eigenvalue weighted by Gasteiger charge is 2.29. The van der Waals surface area contributed by atoms with Crippen LogP contribution in [0.4, 0.5) is 4.39 Å². The van der Waals surface area contributed by atoms with E-state index in [0.29, 0.717) is 12.1 Å². The average molecular weight is 239 g/mol. The molecule has 1 fully saturated rings. The van der Waals surface area contributed by atoms with E-state index >= 15 is 0 Å². The van der Waals surface area contributed by atoms with Crippen LogP contribution < -0.4 is 0 Å². The zero-order valence-corrected chi connectivity index (χ0v) is 9.25. The van der Waals surface area contributed by atoms with Crippen LogP contribution in [0.1, 0.15) is 16.8 Å². The molecule has 0 spiro atoms. The normalized spacial score (nSPS) is 25.5. The first-order chi connectivity index (χ1) is 8.16. The van der Waals surface area contributed by atoms with Crippen LogP contribution in [0.25, 0.3) is 0 Å². The van der Waals surface area contributed by atoms with E-state index in [-0.39, 0.29) is 13.0 Å². The van der Waals surface area contributed by atoms with E-state index in [1.807, 2.05) is 0 Å². The highest BCUT2D eigenvalue weighted by atomic mass is 19.1. The Morgan fingerprint density at radius 1 is 1.41 bits per heavy atom. The first-order valence-electron chi connectivity index (χ1n) is 5.51. The van der Waals surface area contributed by atoms with Gasteiger partial charge in [-0.3, -0.25) is 0 Å². The SMILES string of the molecule is O=C(ON1CCC(O)[C@@H](F)C1)c1ccccc1. The van der Waals surface area contributed by atoms with E-state index in [0.717, 1.165) is 0 Å². The molecule has 1 aromatic rings. The number of hydrogen-bond donors (Lipinski definition) is 1. The predicted octanol–water partition coefficient (Wildman–Crippen LogP) is 1.16. The van der Waals surface area contributed by atoms with Gasteiger partial charge in [-0.15, -0.1) is 5.06 Å². The van der Waals surface area contributed by atoms with Crippen molar-refractivity contribution in [3.63, 3.8) is 0 Å². The quantitative estimate of drug-likeness (QED) is 0.841. The number of piperidine rings is 1. The summed E-state index contributed by atoms with van der Waals surface area (Å²) in [5.74, 6) is -0.505. The van der Waals surface area contributed by atoms with Crippen LogP contribution in [0.3, 0.4) is 0 Å². The van der Waals surface area contributed by atoms with Crippen LogP contribution in [-0.2, 0) is 4.84 Å². The van der Waals surface area contributed by atoms with Crippen molar-refractivity contribution in [3.05, 3.63) is 35.9 Å². The van der Waals surface area contributed by atoms with E-state index in [1.54, 1.807) is 30.3 Å². The van der Waals surface area contributed by atoms with Crippen LogP contribution in [-0.4, -0.2) is 41.5 Å². The van der Waals surface area contributed by atoms with Crippen molar-refractivity contribution in [3.8, 4) is 0 Å². The Hall–Kier alpha value is -1.46. The van der Waals surface area contributed by atoms with Crippen LogP contribution >= 0.6 is 0 Å². The third kappa shape index (κ3) is 3.01. The second kappa shape index (κ2) is 5.25. The number of aliphatic hydroxyl groups is 1. The first kappa shape index (κ1) is 12.0. The van der Waals surface area contributed by atoms with Crippen LogP contribution in [0, 0.1) is 0 Å². The summed E-state index contributed by atoms with van der Waals surface area (Å²) in [4.78, 5) is 16.7. The number of hydroxylamine groups is 2. The molecule has 0 radical (unpaired) electrons. The summed E-state index contributed by atoms with van der Waals surface area (Å²) in [7, 11) is 0. The van der Waals surface area contributed by atoms with Gasteiger partial charge in [0.15, 0.2) is 0 Å². The lowest BCUT2D eigenvalue weighted by atomic mass is 10.1. The lowest BCUT2D eigenvalue weighted by molar-refractivity contribution is -0.153. The van der Waals surface area contributed by atoms with Crippen LogP contribution in [0.2, 0.25) is 0 Å². The molecule has 0 aliphatic carbocycles. The second-order valence-corrected chi connectivity index (χ2v) is 4.00. The fourth-order valence-corrected chi connectivity index (χ4v) is 1.69. The van der Waals surface area contributed by atoms with Gasteiger partial charge in [-0.25, -0.2) is 9.18 Å². The summed E-state index contributed by atoms with van der Waals surface area (Å²) >= 11 is 0. The third-order valence-corrected chi connectivity index (χ3v) is 2.69. The summed E-state index contributed by atoms with van der Waals surface area (Å²) in [6.45, 7) is 0.264. The second-order valence-electron chi connectivity index (χ2n) is 4.00. The molecule has 17 heavy (non-hydrogen) atoms. The Labute approximate surface area is 98.6 Å². The molecule has 4 nitrogen and oxygen atoms in total. The molecule has 0 bridgehead atoms. The standard InChI is InChI=1S/C12H14FNO3/c13-10-8-14(7-6-11(10)15)17-12(16)9-4-2-1-3-5-9/h1-5,10-11,15H,6-8H2/t10-,11?/m0/s1. The molecule has 1 aliphatic heterocycles. The smallest absolute Gasteiger partial charge is 0.357 e. The Morgan fingerprint density at radius 2 is 2.12 bits per heavy atom. The zero-order chi connectivity index (χ0) is 12.3. The van der Waals surface area contributed by atoms with Gasteiger partial charge < -0.3 is 9.94 Å². The van der Waals surface area contributed by atoms with Gasteiger partial charge in [0.25, 0.3) is 0 Å². The molecule has 1 saturated heterocycles. The Balaban J connectivity index is 1.92. The third-order valence-electron chi connectivity index (χ3n) is 2.69. The summed E-state index contributed by atoms with van der Waals surface area (Å²) in [6.07, 6.45) is -2.06. The maximum atomic E-state index is 13.2.